The lowest BCUT2D eigenvalue weighted by atomic mass is 9.95. The maximum atomic E-state index is 6.46. The largest absolute Gasteiger partial charge is 0.454 e. The Bertz CT molecular complexity index is 3090. The molecule has 0 aliphatic heterocycles. The second kappa shape index (κ2) is 9.64. The molecule has 6 aromatic carbocycles. The number of hydrogen-bond acceptors (Lipinski definition) is 4. The fraction of sp³-hybridized carbons (Fsp3) is 0. The number of hydrogen-bond donors (Lipinski definition) is 0. The van der Waals surface area contributed by atoms with Crippen LogP contribution in [0.3, 0.4) is 0 Å². The Balaban J connectivity index is 1.20. The fourth-order valence-electron chi connectivity index (χ4n) is 7.63. The van der Waals surface area contributed by atoms with Crippen LogP contribution in [0.5, 0.6) is 0 Å². The van der Waals surface area contributed by atoms with Gasteiger partial charge in [0.2, 0.25) is 0 Å². The average Bonchev–Trinajstić information content (AvgIpc) is 3.89. The Hall–Kier alpha value is -6.24. The van der Waals surface area contributed by atoms with E-state index >= 15 is 0 Å². The molecule has 0 saturated heterocycles. The predicted octanol–water partition coefficient (Wildman–Crippen LogP) is 11.4. The smallest absolute Gasteiger partial charge is 0.195 e. The van der Waals surface area contributed by atoms with Gasteiger partial charge in [0.15, 0.2) is 10.5 Å². The highest BCUT2D eigenvalue weighted by Crippen LogP contribution is 2.43. The fourth-order valence-corrected chi connectivity index (χ4v) is 8.66. The Morgan fingerprint density at radius 1 is 0.542 bits per heavy atom. The maximum absolute atomic E-state index is 6.46. The summed E-state index contributed by atoms with van der Waals surface area (Å²) in [5, 5.41) is 4.51. The lowest BCUT2D eigenvalue weighted by Gasteiger charge is -2.16. The molecule has 0 saturated carbocycles. The van der Waals surface area contributed by atoms with Crippen molar-refractivity contribution in [1.29, 1.82) is 0 Å². The number of thiazole rings is 1. The van der Waals surface area contributed by atoms with E-state index in [2.05, 4.69) is 130 Å². The van der Waals surface area contributed by atoms with Crippen LogP contribution < -0.4 is 0 Å². The van der Waals surface area contributed by atoms with E-state index < -0.39 is 0 Å². The van der Waals surface area contributed by atoms with Crippen LogP contribution in [0.2, 0.25) is 0 Å². The van der Waals surface area contributed by atoms with E-state index in [9.17, 15) is 0 Å². The number of benzene rings is 6. The molecule has 0 amide bonds. The topological polar surface area (TPSA) is 48.3 Å². The molecular formula is C42H24N4OS. The van der Waals surface area contributed by atoms with E-state index in [0.717, 1.165) is 77.0 Å². The molecule has 0 spiro atoms. The molecular weight excluding hydrogens is 609 g/mol. The SMILES string of the molecule is c1ccc(-c2nccc3c2oc2ccccc23)c(-c2ccccc2-n2c3ccccc3c3c4nc5sc6ccccc6n5c4ccc32)c1. The Morgan fingerprint density at radius 3 is 2.17 bits per heavy atom. The van der Waals surface area contributed by atoms with Crippen molar-refractivity contribution in [2.75, 3.05) is 0 Å². The lowest BCUT2D eigenvalue weighted by Crippen LogP contribution is -1.98. The van der Waals surface area contributed by atoms with Crippen molar-refractivity contribution in [3.8, 4) is 28.1 Å². The van der Waals surface area contributed by atoms with Crippen molar-refractivity contribution in [1.82, 2.24) is 18.9 Å². The molecule has 5 nitrogen and oxygen atoms in total. The van der Waals surface area contributed by atoms with E-state index in [1.54, 1.807) is 11.3 Å². The molecule has 224 valence electrons. The van der Waals surface area contributed by atoms with Crippen LogP contribution in [0, 0.1) is 0 Å². The van der Waals surface area contributed by atoms with Gasteiger partial charge < -0.3 is 8.98 Å². The number of rotatable bonds is 3. The van der Waals surface area contributed by atoms with Gasteiger partial charge >= 0.3 is 0 Å². The van der Waals surface area contributed by atoms with E-state index in [1.807, 2.05) is 24.4 Å². The number of para-hydroxylation sites is 4. The number of imidazole rings is 1. The molecule has 6 heteroatoms. The molecule has 0 fully saturated rings. The van der Waals surface area contributed by atoms with E-state index in [-0.39, 0.29) is 0 Å². The summed E-state index contributed by atoms with van der Waals surface area (Å²) in [5.41, 5.74) is 12.4. The monoisotopic (exact) mass is 632 g/mol. The highest BCUT2D eigenvalue weighted by molar-refractivity contribution is 7.23. The maximum Gasteiger partial charge on any atom is 0.195 e. The van der Waals surface area contributed by atoms with Crippen molar-refractivity contribution < 1.29 is 4.42 Å². The molecule has 0 aliphatic rings. The first-order valence-electron chi connectivity index (χ1n) is 16.0. The standard InChI is InChI=1S/C42H24N4OS/c1-2-14-28(39-41-29(23-24-43-39)27-13-5-9-19-36(27)47-41)25(11-1)26-12-3-6-16-31(26)45-32-17-7-4-15-30(32)38-34(45)21-22-35-40(38)44-42-46(35)33-18-8-10-20-37(33)48-42/h1-24H. The van der Waals surface area contributed by atoms with Gasteiger partial charge in [-0.25, -0.2) is 4.98 Å². The molecule has 5 aromatic heterocycles. The Kier molecular flexibility index (Phi) is 5.20. The van der Waals surface area contributed by atoms with Crippen LogP contribution in [0.1, 0.15) is 0 Å². The second-order valence-electron chi connectivity index (χ2n) is 12.2. The van der Waals surface area contributed by atoms with Crippen LogP contribution >= 0.6 is 11.3 Å². The molecule has 0 aliphatic carbocycles. The third kappa shape index (κ3) is 3.44. The third-order valence-corrected chi connectivity index (χ3v) is 10.7. The zero-order valence-corrected chi connectivity index (χ0v) is 26.3. The Morgan fingerprint density at radius 2 is 1.25 bits per heavy atom. The minimum atomic E-state index is 0.801. The number of aromatic nitrogens is 4. The third-order valence-electron chi connectivity index (χ3n) is 9.65. The van der Waals surface area contributed by atoms with Crippen LogP contribution in [0.4, 0.5) is 0 Å². The number of furan rings is 1. The quantitative estimate of drug-likeness (QED) is 0.195. The van der Waals surface area contributed by atoms with Crippen molar-refractivity contribution in [3.05, 3.63) is 146 Å². The van der Waals surface area contributed by atoms with E-state index in [1.165, 1.54) is 21.0 Å². The summed E-state index contributed by atoms with van der Waals surface area (Å²) in [4.78, 5) is 11.2. The highest BCUT2D eigenvalue weighted by Gasteiger charge is 2.22. The average molecular weight is 633 g/mol. The predicted molar refractivity (Wildman–Crippen MR) is 198 cm³/mol. The minimum Gasteiger partial charge on any atom is -0.454 e. The van der Waals surface area contributed by atoms with E-state index in [0.29, 0.717) is 0 Å². The van der Waals surface area contributed by atoms with Gasteiger partial charge in [-0.1, -0.05) is 102 Å². The van der Waals surface area contributed by atoms with E-state index in [4.69, 9.17) is 14.4 Å². The first-order chi connectivity index (χ1) is 23.8. The lowest BCUT2D eigenvalue weighted by molar-refractivity contribution is 0.668. The Labute approximate surface area is 277 Å². The number of fused-ring (bicyclic) bond motifs is 12. The van der Waals surface area contributed by atoms with Crippen molar-refractivity contribution in [2.45, 2.75) is 0 Å². The summed E-state index contributed by atoms with van der Waals surface area (Å²) in [6.45, 7) is 0. The zero-order chi connectivity index (χ0) is 31.3. The molecule has 11 aromatic rings. The van der Waals surface area contributed by atoms with Crippen LogP contribution in [0.15, 0.2) is 150 Å². The van der Waals surface area contributed by atoms with Gasteiger partial charge in [-0.2, -0.15) is 0 Å². The normalized spacial score (nSPS) is 12.2. The molecule has 0 atom stereocenters. The number of nitrogens with zero attached hydrogens (tertiary/aromatic N) is 4. The van der Waals surface area contributed by atoms with Gasteiger partial charge in [0.25, 0.3) is 0 Å². The second-order valence-corrected chi connectivity index (χ2v) is 13.2. The van der Waals surface area contributed by atoms with Gasteiger partial charge in [0, 0.05) is 38.9 Å². The van der Waals surface area contributed by atoms with Crippen molar-refractivity contribution >= 4 is 81.3 Å². The van der Waals surface area contributed by atoms with Gasteiger partial charge in [-0.15, -0.1) is 0 Å². The van der Waals surface area contributed by atoms with Crippen LogP contribution in [0.25, 0.3) is 98.0 Å². The van der Waals surface area contributed by atoms with Gasteiger partial charge in [-0.3, -0.25) is 9.38 Å². The van der Waals surface area contributed by atoms with Gasteiger partial charge in [-0.05, 0) is 54.1 Å². The summed E-state index contributed by atoms with van der Waals surface area (Å²) in [6.07, 6.45) is 1.89. The molecule has 5 heterocycles. The number of pyridine rings is 1. The first-order valence-corrected chi connectivity index (χ1v) is 16.8. The molecule has 0 radical (unpaired) electrons. The minimum absolute atomic E-state index is 0.801. The summed E-state index contributed by atoms with van der Waals surface area (Å²) >= 11 is 1.74. The molecule has 0 N–H and O–H groups in total. The summed E-state index contributed by atoms with van der Waals surface area (Å²) in [5.74, 6) is 0. The van der Waals surface area contributed by atoms with Gasteiger partial charge in [0.05, 0.1) is 32.5 Å². The van der Waals surface area contributed by atoms with Gasteiger partial charge in [0.1, 0.15) is 16.8 Å². The van der Waals surface area contributed by atoms with Crippen molar-refractivity contribution in [2.24, 2.45) is 0 Å². The first kappa shape index (κ1) is 25.9. The summed E-state index contributed by atoms with van der Waals surface area (Å²) in [6, 6.07) is 49.2. The summed E-state index contributed by atoms with van der Waals surface area (Å²) < 4.78 is 12.4. The molecule has 0 bridgehead atoms. The van der Waals surface area contributed by atoms with Crippen LogP contribution in [-0.2, 0) is 0 Å². The molecule has 0 unspecified atom stereocenters. The van der Waals surface area contributed by atoms with Crippen LogP contribution in [-0.4, -0.2) is 18.9 Å². The zero-order valence-electron chi connectivity index (χ0n) is 25.5. The highest BCUT2D eigenvalue weighted by atomic mass is 32.1. The molecule has 11 rings (SSSR count). The molecule has 48 heavy (non-hydrogen) atoms. The summed E-state index contributed by atoms with van der Waals surface area (Å²) in [7, 11) is 0. The van der Waals surface area contributed by atoms with Crippen molar-refractivity contribution in [3.63, 3.8) is 0 Å².